The highest BCUT2D eigenvalue weighted by atomic mass is 32.2. The number of benzene rings is 1. The first-order valence-corrected chi connectivity index (χ1v) is 12.0. The number of ether oxygens (including phenoxy) is 1. The summed E-state index contributed by atoms with van der Waals surface area (Å²) in [7, 11) is -3.87. The Morgan fingerprint density at radius 2 is 1.65 bits per heavy atom. The van der Waals surface area contributed by atoms with Gasteiger partial charge in [-0.1, -0.05) is 24.6 Å². The lowest BCUT2D eigenvalue weighted by atomic mass is 10.0. The molecule has 7 nitrogen and oxygen atoms in total. The summed E-state index contributed by atoms with van der Waals surface area (Å²) in [4.78, 5) is 26.2. The average Bonchev–Trinajstić information content (AvgIpc) is 2.97. The molecule has 1 aromatic heterocycles. The maximum absolute atomic E-state index is 13.5. The Kier molecular flexibility index (Phi) is 7.83. The van der Waals surface area contributed by atoms with Crippen molar-refractivity contribution in [2.24, 2.45) is 0 Å². The van der Waals surface area contributed by atoms with Crippen molar-refractivity contribution in [2.45, 2.75) is 65.9 Å². The second-order valence-corrected chi connectivity index (χ2v) is 9.35. The second-order valence-electron chi connectivity index (χ2n) is 7.46. The number of nitrogens with zero attached hydrogens (tertiary/aromatic N) is 2. The van der Waals surface area contributed by atoms with E-state index in [4.69, 9.17) is 4.74 Å². The van der Waals surface area contributed by atoms with Gasteiger partial charge < -0.3 is 9.30 Å². The zero-order chi connectivity index (χ0) is 23.5. The predicted octanol–water partition coefficient (Wildman–Crippen LogP) is 3.89. The Balaban J connectivity index is 2.52. The molecule has 170 valence electrons. The van der Waals surface area contributed by atoms with Gasteiger partial charge in [-0.2, -0.15) is 4.31 Å². The minimum Gasteiger partial charge on any atom is -0.461 e. The van der Waals surface area contributed by atoms with Crippen LogP contribution >= 0.6 is 0 Å². The number of rotatable bonds is 9. The van der Waals surface area contributed by atoms with Gasteiger partial charge in [0.25, 0.3) is 0 Å². The van der Waals surface area contributed by atoms with Crippen LogP contribution < -0.4 is 0 Å². The summed E-state index contributed by atoms with van der Waals surface area (Å²) in [5.41, 5.74) is 2.80. The van der Waals surface area contributed by atoms with Crippen LogP contribution in [0.3, 0.4) is 0 Å². The topological polar surface area (TPSA) is 85.7 Å². The first-order valence-electron chi connectivity index (χ1n) is 10.5. The van der Waals surface area contributed by atoms with Crippen molar-refractivity contribution in [3.63, 3.8) is 0 Å². The summed E-state index contributed by atoms with van der Waals surface area (Å²) in [6, 6.07) is 5.63. The van der Waals surface area contributed by atoms with Crippen LogP contribution in [-0.2, 0) is 21.3 Å². The lowest BCUT2D eigenvalue weighted by Gasteiger charge is -2.26. The van der Waals surface area contributed by atoms with Crippen LogP contribution in [0.4, 0.5) is 0 Å². The number of aromatic nitrogens is 1. The molecule has 2 rings (SSSR count). The standard InChI is InChI=1S/C23H32N2O5S/c1-8-24-17(6)20(16(5)21(24)23(27)30-10-3)22(26)18(7)25(9-2)31(28,29)19-13-11-15(4)12-14-19/h11-14,18H,8-10H2,1-7H3. The molecule has 2 aromatic rings. The monoisotopic (exact) mass is 448 g/mol. The normalized spacial score (nSPS) is 12.8. The van der Waals surface area contributed by atoms with E-state index in [9.17, 15) is 18.0 Å². The van der Waals surface area contributed by atoms with Crippen LogP contribution in [0.25, 0.3) is 0 Å². The van der Waals surface area contributed by atoms with Crippen LogP contribution in [0.15, 0.2) is 29.2 Å². The molecule has 0 aliphatic heterocycles. The van der Waals surface area contributed by atoms with Gasteiger partial charge in [-0.25, -0.2) is 13.2 Å². The number of carbonyl (C=O) groups excluding carboxylic acids is 2. The summed E-state index contributed by atoms with van der Waals surface area (Å²) in [6.45, 7) is 13.1. The fourth-order valence-corrected chi connectivity index (χ4v) is 5.56. The van der Waals surface area contributed by atoms with Crippen molar-refractivity contribution in [1.29, 1.82) is 0 Å². The lowest BCUT2D eigenvalue weighted by Crippen LogP contribution is -2.43. The van der Waals surface area contributed by atoms with Crippen molar-refractivity contribution in [2.75, 3.05) is 13.2 Å². The van der Waals surface area contributed by atoms with Gasteiger partial charge in [-0.3, -0.25) is 4.79 Å². The van der Waals surface area contributed by atoms with Gasteiger partial charge in [0.05, 0.1) is 17.5 Å². The summed E-state index contributed by atoms with van der Waals surface area (Å²) in [5.74, 6) is -0.832. The number of esters is 1. The van der Waals surface area contributed by atoms with E-state index >= 15 is 0 Å². The molecule has 0 aliphatic rings. The largest absolute Gasteiger partial charge is 0.461 e. The molecule has 0 N–H and O–H groups in total. The molecular weight excluding hydrogens is 416 g/mol. The van der Waals surface area contributed by atoms with E-state index in [1.807, 2.05) is 13.8 Å². The summed E-state index contributed by atoms with van der Waals surface area (Å²) < 4.78 is 34.6. The molecule has 0 aliphatic carbocycles. The SMILES string of the molecule is CCOC(=O)c1c(C)c(C(=O)C(C)N(CC)S(=O)(=O)c2ccc(C)cc2)c(C)n1CC. The highest BCUT2D eigenvalue weighted by Crippen LogP contribution is 2.27. The van der Waals surface area contributed by atoms with Crippen molar-refractivity contribution >= 4 is 21.8 Å². The third-order valence-electron chi connectivity index (χ3n) is 5.55. The molecule has 0 radical (unpaired) electrons. The molecular formula is C23H32N2O5S. The molecule has 1 aromatic carbocycles. The Bertz CT molecular complexity index is 1070. The number of likely N-dealkylation sites (N-methyl/N-ethyl adjacent to an activating group) is 1. The van der Waals surface area contributed by atoms with Crippen LogP contribution in [0.2, 0.25) is 0 Å². The number of aryl methyl sites for hydroxylation is 1. The Hall–Kier alpha value is -2.45. The van der Waals surface area contributed by atoms with Crippen LogP contribution in [-0.4, -0.2) is 48.2 Å². The molecule has 0 bridgehead atoms. The average molecular weight is 449 g/mol. The maximum atomic E-state index is 13.5. The zero-order valence-electron chi connectivity index (χ0n) is 19.4. The Labute approximate surface area is 185 Å². The van der Waals surface area contributed by atoms with Crippen molar-refractivity contribution in [3.8, 4) is 0 Å². The highest BCUT2D eigenvalue weighted by Gasteiger charge is 2.35. The minimum absolute atomic E-state index is 0.139. The van der Waals surface area contributed by atoms with E-state index < -0.39 is 22.0 Å². The number of ketones is 1. The summed E-state index contributed by atoms with van der Waals surface area (Å²) in [5, 5.41) is 0. The predicted molar refractivity (Wildman–Crippen MR) is 120 cm³/mol. The van der Waals surface area contributed by atoms with Gasteiger partial charge in [0, 0.05) is 24.3 Å². The maximum Gasteiger partial charge on any atom is 0.355 e. The van der Waals surface area contributed by atoms with Crippen LogP contribution in [0.1, 0.15) is 65.4 Å². The number of Topliss-reactive ketones (excluding diaryl/α,β-unsaturated/α-hetero) is 1. The minimum atomic E-state index is -3.87. The molecule has 0 saturated heterocycles. The number of sulfonamides is 1. The van der Waals surface area contributed by atoms with Gasteiger partial charge in [0.2, 0.25) is 10.0 Å². The first-order chi connectivity index (χ1) is 14.5. The summed E-state index contributed by atoms with van der Waals surface area (Å²) >= 11 is 0. The van der Waals surface area contributed by atoms with Crippen LogP contribution in [0.5, 0.6) is 0 Å². The van der Waals surface area contributed by atoms with Gasteiger partial charge in [-0.05, 0) is 59.2 Å². The highest BCUT2D eigenvalue weighted by molar-refractivity contribution is 7.89. The number of carbonyl (C=O) groups is 2. The molecule has 31 heavy (non-hydrogen) atoms. The lowest BCUT2D eigenvalue weighted by molar-refractivity contribution is 0.0512. The third kappa shape index (κ3) is 4.60. The van der Waals surface area contributed by atoms with Gasteiger partial charge in [0.15, 0.2) is 5.78 Å². The molecule has 1 heterocycles. The van der Waals surface area contributed by atoms with E-state index in [0.29, 0.717) is 29.1 Å². The van der Waals surface area contributed by atoms with E-state index in [1.54, 1.807) is 63.5 Å². The van der Waals surface area contributed by atoms with Crippen molar-refractivity contribution < 1.29 is 22.7 Å². The molecule has 0 amide bonds. The van der Waals surface area contributed by atoms with Gasteiger partial charge in [0.1, 0.15) is 5.69 Å². The molecule has 1 unspecified atom stereocenters. The fourth-order valence-electron chi connectivity index (χ4n) is 3.95. The molecule has 8 heteroatoms. The van der Waals surface area contributed by atoms with E-state index in [1.165, 1.54) is 4.31 Å². The van der Waals surface area contributed by atoms with Crippen LogP contribution in [0, 0.1) is 20.8 Å². The smallest absolute Gasteiger partial charge is 0.355 e. The van der Waals surface area contributed by atoms with E-state index in [0.717, 1.165) is 5.56 Å². The zero-order valence-corrected chi connectivity index (χ0v) is 20.2. The fraction of sp³-hybridized carbons (Fsp3) is 0.478. The summed E-state index contributed by atoms with van der Waals surface area (Å²) in [6.07, 6.45) is 0. The Morgan fingerprint density at radius 3 is 2.13 bits per heavy atom. The molecule has 1 atom stereocenters. The number of hydrogen-bond donors (Lipinski definition) is 0. The van der Waals surface area contributed by atoms with E-state index in [2.05, 4.69) is 0 Å². The number of hydrogen-bond acceptors (Lipinski definition) is 5. The second kappa shape index (κ2) is 9.78. The molecule has 0 saturated carbocycles. The molecule has 0 fully saturated rings. The Morgan fingerprint density at radius 1 is 1.06 bits per heavy atom. The van der Waals surface area contributed by atoms with E-state index in [-0.39, 0.29) is 23.8 Å². The third-order valence-corrected chi connectivity index (χ3v) is 7.61. The molecule has 0 spiro atoms. The quantitative estimate of drug-likeness (QED) is 0.429. The first kappa shape index (κ1) is 24.8. The van der Waals surface area contributed by atoms with Gasteiger partial charge >= 0.3 is 5.97 Å². The van der Waals surface area contributed by atoms with Crippen molar-refractivity contribution in [1.82, 2.24) is 8.87 Å². The van der Waals surface area contributed by atoms with Crippen molar-refractivity contribution in [3.05, 3.63) is 52.3 Å². The van der Waals surface area contributed by atoms with Gasteiger partial charge in [-0.15, -0.1) is 0 Å².